The number of carbonyl (C=O) groups excluding carboxylic acids is 1. The van der Waals surface area contributed by atoms with Crippen LogP contribution in [0.15, 0.2) is 35.4 Å². The summed E-state index contributed by atoms with van der Waals surface area (Å²) < 4.78 is 1.81. The summed E-state index contributed by atoms with van der Waals surface area (Å²) in [6.07, 6.45) is 1.71. The van der Waals surface area contributed by atoms with Gasteiger partial charge in [0.25, 0.3) is 0 Å². The first kappa shape index (κ1) is 16.6. The van der Waals surface area contributed by atoms with Crippen molar-refractivity contribution in [3.63, 3.8) is 0 Å². The summed E-state index contributed by atoms with van der Waals surface area (Å²) >= 11 is 1.57. The molecule has 0 bridgehead atoms. The number of hydrogen-bond donors (Lipinski definition) is 1. The van der Waals surface area contributed by atoms with E-state index in [1.165, 1.54) is 11.1 Å². The first-order valence-corrected chi connectivity index (χ1v) is 8.34. The highest BCUT2D eigenvalue weighted by Gasteiger charge is 2.17. The van der Waals surface area contributed by atoms with Crippen molar-refractivity contribution < 1.29 is 4.79 Å². The number of amides is 1. The Hall–Kier alpha value is -1.75. The first-order valence-electron chi connectivity index (χ1n) is 7.46. The highest BCUT2D eigenvalue weighted by atomic mass is 32.2. The quantitative estimate of drug-likeness (QED) is 0.841. The molecule has 118 valence electrons. The molecule has 2 aromatic rings. The molecular weight excluding hydrogens is 294 g/mol. The predicted molar refractivity (Wildman–Crippen MR) is 92.5 cm³/mol. The molecule has 0 aliphatic rings. The molecule has 5 heteroatoms. The number of nitrogens with one attached hydrogen (secondary N) is 1. The summed E-state index contributed by atoms with van der Waals surface area (Å²) in [5, 5.41) is 7.02. The van der Waals surface area contributed by atoms with Gasteiger partial charge >= 0.3 is 0 Å². The molecule has 0 aliphatic carbocycles. The average Bonchev–Trinajstić information content (AvgIpc) is 2.91. The van der Waals surface area contributed by atoms with Gasteiger partial charge in [-0.15, -0.1) is 11.8 Å². The zero-order chi connectivity index (χ0) is 16.3. The van der Waals surface area contributed by atoms with E-state index in [4.69, 9.17) is 0 Å². The maximum Gasteiger partial charge on any atom is 0.238 e. The Morgan fingerprint density at radius 1 is 1.18 bits per heavy atom. The van der Waals surface area contributed by atoms with Gasteiger partial charge < -0.3 is 5.32 Å². The van der Waals surface area contributed by atoms with Crippen LogP contribution in [-0.2, 0) is 4.79 Å². The number of hydrogen-bond acceptors (Lipinski definition) is 3. The number of rotatable bonds is 5. The molecule has 1 atom stereocenters. The number of benzene rings is 1. The van der Waals surface area contributed by atoms with E-state index in [1.807, 2.05) is 31.5 Å². The van der Waals surface area contributed by atoms with Gasteiger partial charge in [-0.2, -0.15) is 5.10 Å². The number of carbonyl (C=O) groups is 1. The smallest absolute Gasteiger partial charge is 0.238 e. The molecule has 0 aliphatic heterocycles. The van der Waals surface area contributed by atoms with E-state index in [0.717, 1.165) is 10.7 Å². The molecule has 1 N–H and O–H groups in total. The van der Waals surface area contributed by atoms with E-state index < -0.39 is 0 Å². The van der Waals surface area contributed by atoms with Crippen LogP contribution in [0.1, 0.15) is 37.9 Å². The molecule has 0 spiro atoms. The summed E-state index contributed by atoms with van der Waals surface area (Å²) in [7, 11) is 0. The van der Waals surface area contributed by atoms with E-state index in [-0.39, 0.29) is 17.2 Å². The van der Waals surface area contributed by atoms with Crippen LogP contribution >= 0.6 is 11.8 Å². The largest absolute Gasteiger partial charge is 0.310 e. The minimum absolute atomic E-state index is 0.00868. The second-order valence-corrected chi connectivity index (χ2v) is 7.16. The maximum atomic E-state index is 12.4. The molecule has 2 rings (SSSR count). The Balaban J connectivity index is 2.02. The van der Waals surface area contributed by atoms with Crippen molar-refractivity contribution >= 4 is 23.5 Å². The van der Waals surface area contributed by atoms with Gasteiger partial charge in [0.15, 0.2) is 0 Å². The van der Waals surface area contributed by atoms with Crippen molar-refractivity contribution in [3.8, 4) is 0 Å². The minimum Gasteiger partial charge on any atom is -0.310 e. The fraction of sp³-hybridized carbons (Fsp3) is 0.412. The van der Waals surface area contributed by atoms with Crippen molar-refractivity contribution in [1.29, 1.82) is 0 Å². The molecule has 0 saturated carbocycles. The van der Waals surface area contributed by atoms with E-state index >= 15 is 0 Å². The van der Waals surface area contributed by atoms with Gasteiger partial charge in [-0.25, -0.2) is 4.68 Å². The standard InChI is InChI=1S/C17H23N3OS/c1-11(2)20-16(8-9-18-20)19-17(21)14(5)22-15-7-6-12(3)13(4)10-15/h6-11,14H,1-5H3,(H,19,21)/t14-/m0/s1. The predicted octanol–water partition coefficient (Wildman–Crippen LogP) is 4.20. The zero-order valence-corrected chi connectivity index (χ0v) is 14.6. The van der Waals surface area contributed by atoms with Crippen LogP contribution < -0.4 is 5.32 Å². The summed E-state index contributed by atoms with van der Waals surface area (Å²) in [6.45, 7) is 10.2. The molecule has 1 heterocycles. The minimum atomic E-state index is -0.169. The van der Waals surface area contributed by atoms with E-state index in [1.54, 1.807) is 18.0 Å². The Morgan fingerprint density at radius 3 is 2.55 bits per heavy atom. The molecule has 22 heavy (non-hydrogen) atoms. The lowest BCUT2D eigenvalue weighted by Crippen LogP contribution is -2.24. The van der Waals surface area contributed by atoms with Crippen LogP contribution in [0.25, 0.3) is 0 Å². The SMILES string of the molecule is Cc1ccc(S[C@@H](C)C(=O)Nc2ccnn2C(C)C)cc1C. The fourth-order valence-electron chi connectivity index (χ4n) is 2.10. The molecule has 1 amide bonds. The summed E-state index contributed by atoms with van der Waals surface area (Å²) in [6, 6.07) is 8.33. The van der Waals surface area contributed by atoms with Gasteiger partial charge in [-0.1, -0.05) is 6.07 Å². The number of nitrogens with zero attached hydrogens (tertiary/aromatic N) is 2. The third-order valence-electron chi connectivity index (χ3n) is 3.57. The number of thioether (sulfide) groups is 1. The molecule has 0 radical (unpaired) electrons. The lowest BCUT2D eigenvalue weighted by atomic mass is 10.1. The molecular formula is C17H23N3OS. The zero-order valence-electron chi connectivity index (χ0n) is 13.8. The third-order valence-corrected chi connectivity index (χ3v) is 4.66. The van der Waals surface area contributed by atoms with Gasteiger partial charge in [-0.3, -0.25) is 4.79 Å². The van der Waals surface area contributed by atoms with Crippen LogP contribution in [0.2, 0.25) is 0 Å². The number of aryl methyl sites for hydroxylation is 2. The van der Waals surface area contributed by atoms with E-state index in [0.29, 0.717) is 0 Å². The van der Waals surface area contributed by atoms with Crippen molar-refractivity contribution in [2.24, 2.45) is 0 Å². The van der Waals surface area contributed by atoms with Crippen LogP contribution in [0.3, 0.4) is 0 Å². The van der Waals surface area contributed by atoms with Crippen molar-refractivity contribution in [1.82, 2.24) is 9.78 Å². The van der Waals surface area contributed by atoms with Crippen LogP contribution in [0, 0.1) is 13.8 Å². The first-order chi connectivity index (χ1) is 10.4. The van der Waals surface area contributed by atoms with Crippen molar-refractivity contribution in [2.75, 3.05) is 5.32 Å². The average molecular weight is 317 g/mol. The molecule has 0 unspecified atom stereocenters. The summed E-state index contributed by atoms with van der Waals surface area (Å²) in [5.41, 5.74) is 2.51. The Morgan fingerprint density at radius 2 is 1.91 bits per heavy atom. The van der Waals surface area contributed by atoms with Crippen LogP contribution in [-0.4, -0.2) is 20.9 Å². The van der Waals surface area contributed by atoms with Crippen molar-refractivity contribution in [2.45, 2.75) is 50.8 Å². The number of aromatic nitrogens is 2. The van der Waals surface area contributed by atoms with Gasteiger partial charge in [0, 0.05) is 17.0 Å². The van der Waals surface area contributed by atoms with E-state index in [2.05, 4.69) is 42.5 Å². The van der Waals surface area contributed by atoms with Gasteiger partial charge in [0.2, 0.25) is 5.91 Å². The summed E-state index contributed by atoms with van der Waals surface area (Å²) in [4.78, 5) is 13.5. The highest BCUT2D eigenvalue weighted by molar-refractivity contribution is 8.00. The molecule has 1 aromatic carbocycles. The Bertz CT molecular complexity index is 664. The van der Waals surface area contributed by atoms with Gasteiger partial charge in [-0.05, 0) is 57.9 Å². The monoisotopic (exact) mass is 317 g/mol. The topological polar surface area (TPSA) is 46.9 Å². The van der Waals surface area contributed by atoms with Crippen LogP contribution in [0.4, 0.5) is 5.82 Å². The fourth-order valence-corrected chi connectivity index (χ4v) is 3.06. The van der Waals surface area contributed by atoms with Crippen LogP contribution in [0.5, 0.6) is 0 Å². The Kier molecular flexibility index (Phi) is 5.29. The molecule has 0 saturated heterocycles. The second kappa shape index (κ2) is 7.01. The summed E-state index contributed by atoms with van der Waals surface area (Å²) in [5.74, 6) is 0.734. The Labute approximate surface area is 136 Å². The van der Waals surface area contributed by atoms with E-state index in [9.17, 15) is 4.79 Å². The van der Waals surface area contributed by atoms with Gasteiger partial charge in [0.1, 0.15) is 5.82 Å². The molecule has 1 aromatic heterocycles. The van der Waals surface area contributed by atoms with Gasteiger partial charge in [0.05, 0.1) is 11.4 Å². The highest BCUT2D eigenvalue weighted by Crippen LogP contribution is 2.26. The normalized spacial score (nSPS) is 12.5. The maximum absolute atomic E-state index is 12.4. The second-order valence-electron chi connectivity index (χ2n) is 5.75. The molecule has 4 nitrogen and oxygen atoms in total. The third kappa shape index (κ3) is 3.91. The van der Waals surface area contributed by atoms with Crippen molar-refractivity contribution in [3.05, 3.63) is 41.6 Å². The lowest BCUT2D eigenvalue weighted by Gasteiger charge is -2.15. The lowest BCUT2D eigenvalue weighted by molar-refractivity contribution is -0.115. The number of anilines is 1. The molecule has 0 fully saturated rings.